The Morgan fingerprint density at radius 1 is 1.06 bits per heavy atom. The van der Waals surface area contributed by atoms with Crippen LogP contribution in [0.4, 0.5) is 5.82 Å². The predicted octanol–water partition coefficient (Wildman–Crippen LogP) is 3.27. The van der Waals surface area contributed by atoms with E-state index >= 15 is 0 Å². The van der Waals surface area contributed by atoms with Crippen molar-refractivity contribution in [3.8, 4) is 11.4 Å². The lowest BCUT2D eigenvalue weighted by Crippen LogP contribution is -2.48. The quantitative estimate of drug-likeness (QED) is 0.448. The van der Waals surface area contributed by atoms with E-state index in [-0.39, 0.29) is 6.10 Å². The van der Waals surface area contributed by atoms with Crippen molar-refractivity contribution in [3.05, 3.63) is 54.1 Å². The van der Waals surface area contributed by atoms with Gasteiger partial charge in [-0.1, -0.05) is 42.0 Å². The number of rotatable bonds is 7. The fourth-order valence-electron chi connectivity index (χ4n) is 4.15. The van der Waals surface area contributed by atoms with Gasteiger partial charge in [0.15, 0.2) is 5.82 Å². The van der Waals surface area contributed by atoms with Crippen LogP contribution in [-0.4, -0.2) is 60.5 Å². The van der Waals surface area contributed by atoms with E-state index in [0.717, 1.165) is 73.7 Å². The minimum atomic E-state index is 0.163. The molecule has 8 heteroatoms. The highest BCUT2D eigenvalue weighted by Crippen LogP contribution is 2.29. The number of benzene rings is 2. The zero-order valence-corrected chi connectivity index (χ0v) is 18.4. The molecular formula is C24H29N5O3. The summed E-state index contributed by atoms with van der Waals surface area (Å²) in [6.45, 7) is 6.45. The predicted molar refractivity (Wildman–Crippen MR) is 123 cm³/mol. The molecule has 0 radical (unpaired) electrons. The van der Waals surface area contributed by atoms with Crippen molar-refractivity contribution in [1.29, 1.82) is 0 Å². The lowest BCUT2D eigenvalue weighted by atomic mass is 10.1. The van der Waals surface area contributed by atoms with Crippen LogP contribution in [0.2, 0.25) is 0 Å². The Labute approximate surface area is 188 Å². The first-order valence-corrected chi connectivity index (χ1v) is 11.3. The Hall–Kier alpha value is -2.62. The molecule has 1 unspecified atom stereocenters. The molecule has 0 amide bonds. The van der Waals surface area contributed by atoms with Gasteiger partial charge in [-0.05, 0) is 37.5 Å². The number of anilines is 1. The summed E-state index contributed by atoms with van der Waals surface area (Å²) in [5, 5.41) is 2.94. The molecule has 0 spiro atoms. The normalized spacial score (nSPS) is 19.7. The molecule has 168 valence electrons. The number of nitrogens with one attached hydrogen (secondary N) is 1. The van der Waals surface area contributed by atoms with Gasteiger partial charge in [0.25, 0.3) is 0 Å². The third-order valence-corrected chi connectivity index (χ3v) is 5.92. The fraction of sp³-hybridized carbons (Fsp3) is 0.417. The molecule has 2 aromatic carbocycles. The maximum atomic E-state index is 5.57. The Bertz CT molecular complexity index is 1030. The lowest BCUT2D eigenvalue weighted by Gasteiger charge is -2.34. The molecule has 8 nitrogen and oxygen atoms in total. The maximum absolute atomic E-state index is 5.57. The summed E-state index contributed by atoms with van der Waals surface area (Å²) in [4.78, 5) is 23.1. The topological polar surface area (TPSA) is 72.0 Å². The summed E-state index contributed by atoms with van der Waals surface area (Å²) in [5.41, 5.74) is 5.78. The lowest BCUT2D eigenvalue weighted by molar-refractivity contribution is -0.309. The van der Waals surface area contributed by atoms with Crippen LogP contribution in [0.15, 0.2) is 48.5 Å². The number of ether oxygens (including phenoxy) is 1. The molecule has 3 heterocycles. The first-order chi connectivity index (χ1) is 15.8. The van der Waals surface area contributed by atoms with Crippen molar-refractivity contribution < 1.29 is 14.5 Å². The highest BCUT2D eigenvalue weighted by molar-refractivity contribution is 5.91. The average molecular weight is 436 g/mol. The Morgan fingerprint density at radius 3 is 2.69 bits per heavy atom. The van der Waals surface area contributed by atoms with Gasteiger partial charge in [0.2, 0.25) is 0 Å². The number of nitrogens with zero attached hydrogens (tertiary/aromatic N) is 4. The van der Waals surface area contributed by atoms with Crippen molar-refractivity contribution in [2.45, 2.75) is 25.9 Å². The van der Waals surface area contributed by atoms with Crippen LogP contribution < -0.4 is 10.5 Å². The summed E-state index contributed by atoms with van der Waals surface area (Å²) in [6, 6.07) is 16.5. The summed E-state index contributed by atoms with van der Waals surface area (Å²) in [5.74, 6) is 1.72. The van der Waals surface area contributed by atoms with Crippen LogP contribution in [0, 0.1) is 6.92 Å². The van der Waals surface area contributed by atoms with Crippen LogP contribution in [0.1, 0.15) is 18.4 Å². The molecule has 0 saturated carbocycles. The third kappa shape index (κ3) is 4.90. The molecule has 3 aromatic rings. The smallest absolute Gasteiger partial charge is 0.162 e. The SMILES string of the molecule is Cc1ccc2c(N3CCN(ONOCC4CCCO4)CC3)nc(-c3ccccc3)nc2c1. The van der Waals surface area contributed by atoms with E-state index in [4.69, 9.17) is 24.5 Å². The molecule has 2 aliphatic rings. The number of hydroxylamine groups is 2. The van der Waals surface area contributed by atoms with E-state index < -0.39 is 0 Å². The van der Waals surface area contributed by atoms with Crippen LogP contribution >= 0.6 is 0 Å². The van der Waals surface area contributed by atoms with Gasteiger partial charge < -0.3 is 9.64 Å². The van der Waals surface area contributed by atoms with Crippen molar-refractivity contribution in [2.75, 3.05) is 44.3 Å². The summed E-state index contributed by atoms with van der Waals surface area (Å²) in [6.07, 6.45) is 2.30. The van der Waals surface area contributed by atoms with Crippen LogP contribution in [0.25, 0.3) is 22.3 Å². The highest BCUT2D eigenvalue weighted by Gasteiger charge is 2.22. The van der Waals surface area contributed by atoms with Crippen LogP contribution in [0.5, 0.6) is 0 Å². The van der Waals surface area contributed by atoms with Gasteiger partial charge in [0, 0.05) is 43.7 Å². The van der Waals surface area contributed by atoms with Crippen molar-refractivity contribution in [2.24, 2.45) is 0 Å². The Morgan fingerprint density at radius 2 is 1.91 bits per heavy atom. The van der Waals surface area contributed by atoms with E-state index in [1.165, 1.54) is 5.56 Å². The summed E-state index contributed by atoms with van der Waals surface area (Å²) in [7, 11) is 0. The van der Waals surface area contributed by atoms with E-state index in [0.29, 0.717) is 6.61 Å². The van der Waals surface area contributed by atoms with Gasteiger partial charge in [-0.25, -0.2) is 9.97 Å². The first-order valence-electron chi connectivity index (χ1n) is 11.3. The third-order valence-electron chi connectivity index (χ3n) is 5.92. The number of hydrogen-bond acceptors (Lipinski definition) is 8. The molecule has 0 aliphatic carbocycles. The van der Waals surface area contributed by atoms with E-state index in [2.05, 4.69) is 47.8 Å². The second-order valence-corrected chi connectivity index (χ2v) is 8.29. The molecule has 2 fully saturated rings. The first kappa shape index (κ1) is 21.2. The standard InChI is InChI=1S/C24H29N5O3/c1-18-9-10-21-22(16-18)25-23(19-6-3-2-4-7-19)26-24(21)28-11-13-29(14-12-28)32-27-31-17-20-8-5-15-30-20/h2-4,6-7,9-10,16,20,27H,5,8,11-15,17H2,1H3. The maximum Gasteiger partial charge on any atom is 0.162 e. The van der Waals surface area contributed by atoms with Crippen molar-refractivity contribution in [1.82, 2.24) is 20.7 Å². The number of fused-ring (bicyclic) bond motifs is 1. The second-order valence-electron chi connectivity index (χ2n) is 8.29. The van der Waals surface area contributed by atoms with E-state index in [1.54, 1.807) is 0 Å². The zero-order chi connectivity index (χ0) is 21.8. The van der Waals surface area contributed by atoms with E-state index in [1.807, 2.05) is 23.3 Å². The monoisotopic (exact) mass is 435 g/mol. The molecule has 1 aromatic heterocycles. The molecule has 1 N–H and O–H groups in total. The number of piperazine rings is 1. The van der Waals surface area contributed by atoms with Gasteiger partial charge in [-0.15, -0.1) is 0 Å². The molecule has 2 aliphatic heterocycles. The Balaban J connectivity index is 1.26. The summed E-state index contributed by atoms with van der Waals surface area (Å²) < 4.78 is 5.54. The molecule has 32 heavy (non-hydrogen) atoms. The number of aryl methyl sites for hydroxylation is 1. The number of aromatic nitrogens is 2. The zero-order valence-electron chi connectivity index (χ0n) is 18.4. The highest BCUT2D eigenvalue weighted by atomic mass is 17.0. The van der Waals surface area contributed by atoms with Gasteiger partial charge in [0.1, 0.15) is 5.82 Å². The minimum absolute atomic E-state index is 0.163. The van der Waals surface area contributed by atoms with Gasteiger partial charge in [0.05, 0.1) is 18.2 Å². The molecule has 5 rings (SSSR count). The summed E-state index contributed by atoms with van der Waals surface area (Å²) >= 11 is 0. The molecular weight excluding hydrogens is 406 g/mol. The fourth-order valence-corrected chi connectivity index (χ4v) is 4.15. The largest absolute Gasteiger partial charge is 0.376 e. The van der Waals surface area contributed by atoms with Crippen LogP contribution in [0.3, 0.4) is 0 Å². The van der Waals surface area contributed by atoms with Gasteiger partial charge in [-0.3, -0.25) is 4.84 Å². The van der Waals surface area contributed by atoms with Gasteiger partial charge in [-0.2, -0.15) is 10.0 Å². The number of hydrogen-bond donors (Lipinski definition) is 1. The van der Waals surface area contributed by atoms with Crippen LogP contribution in [-0.2, 0) is 14.5 Å². The molecule has 1 atom stereocenters. The second kappa shape index (κ2) is 9.89. The van der Waals surface area contributed by atoms with Gasteiger partial charge >= 0.3 is 0 Å². The Kier molecular flexibility index (Phi) is 6.56. The van der Waals surface area contributed by atoms with E-state index in [9.17, 15) is 0 Å². The van der Waals surface area contributed by atoms with Crippen molar-refractivity contribution in [3.63, 3.8) is 0 Å². The average Bonchev–Trinajstić information content (AvgIpc) is 3.35. The molecule has 2 saturated heterocycles. The molecule has 0 bridgehead atoms. The van der Waals surface area contributed by atoms with Crippen molar-refractivity contribution >= 4 is 16.7 Å². The minimum Gasteiger partial charge on any atom is -0.376 e.